The van der Waals surface area contributed by atoms with E-state index in [0.29, 0.717) is 56.9 Å². The first kappa shape index (κ1) is 30.0. The van der Waals surface area contributed by atoms with Crippen LogP contribution in [-0.4, -0.2) is 78.1 Å². The third-order valence-corrected chi connectivity index (χ3v) is 8.54. The summed E-state index contributed by atoms with van der Waals surface area (Å²) in [5.74, 6) is -0.0192. The second-order valence-electron chi connectivity index (χ2n) is 11.6. The van der Waals surface area contributed by atoms with Crippen molar-refractivity contribution in [3.63, 3.8) is 0 Å². The van der Waals surface area contributed by atoms with Crippen molar-refractivity contribution in [1.29, 1.82) is 5.26 Å². The number of nitrogens with zero attached hydrogens (tertiary/aromatic N) is 7. The zero-order chi connectivity index (χ0) is 30.7. The zero-order valence-electron chi connectivity index (χ0n) is 24.1. The molecular formula is C30H34F3N9O2. The Kier molecular flexibility index (Phi) is 8.53. The number of hydrogen-bond acceptors (Lipinski definition) is 9. The van der Waals surface area contributed by atoms with Crippen molar-refractivity contribution >= 4 is 11.0 Å². The summed E-state index contributed by atoms with van der Waals surface area (Å²) in [6, 6.07) is 7.15. The lowest BCUT2D eigenvalue weighted by Crippen LogP contribution is -2.65. The average Bonchev–Trinajstić information content (AvgIpc) is 3.68. The van der Waals surface area contributed by atoms with Crippen LogP contribution in [0.5, 0.6) is 5.88 Å². The molecule has 2 aliphatic rings. The first-order valence-corrected chi connectivity index (χ1v) is 14.8. The molecule has 11 nitrogen and oxygen atoms in total. The molecule has 0 bridgehead atoms. The number of hydrogen-bond donors (Lipinski definition) is 3. The highest BCUT2D eigenvalue weighted by Crippen LogP contribution is 2.39. The van der Waals surface area contributed by atoms with E-state index in [1.807, 2.05) is 23.1 Å². The number of likely N-dealkylation sites (tertiary alicyclic amines) is 1. The number of pyridine rings is 1. The van der Waals surface area contributed by atoms with Crippen molar-refractivity contribution in [2.75, 3.05) is 26.2 Å². The number of rotatable bonds is 11. The average molecular weight is 610 g/mol. The largest absolute Gasteiger partial charge is 0.474 e. The van der Waals surface area contributed by atoms with Gasteiger partial charge in [-0.1, -0.05) is 0 Å². The molecule has 1 aliphatic carbocycles. The molecule has 14 heteroatoms. The molecule has 0 spiro atoms. The van der Waals surface area contributed by atoms with Gasteiger partial charge >= 0.3 is 6.18 Å². The van der Waals surface area contributed by atoms with Gasteiger partial charge in [0.05, 0.1) is 24.4 Å². The van der Waals surface area contributed by atoms with Crippen LogP contribution in [0.25, 0.3) is 22.3 Å². The minimum Gasteiger partial charge on any atom is -0.474 e. The maximum Gasteiger partial charge on any atom is 0.433 e. The first-order valence-electron chi connectivity index (χ1n) is 14.8. The lowest BCUT2D eigenvalue weighted by Gasteiger charge is -2.53. The summed E-state index contributed by atoms with van der Waals surface area (Å²) in [4.78, 5) is 17.9. The first-order chi connectivity index (χ1) is 21.3. The predicted molar refractivity (Wildman–Crippen MR) is 154 cm³/mol. The highest BCUT2D eigenvalue weighted by atomic mass is 19.4. The Morgan fingerprint density at radius 2 is 2.00 bits per heavy atom. The standard InChI is InChI=1S/C30H34F3N9O2/c31-30(32,33)25-12-20(14-35-9-1-11-43)13-26(40-25)44-23-4-2-22(3-5-23)41-17-29(18-41,7-8-34)42-16-21(15-39-42)27-24-6-10-36-28(24)38-19-37-27/h6,10,12-13,15-16,19,22-23,35,43H,1-5,7,9,11,14,17-18H2,(H,36,37,38)/t22-,23+. The maximum atomic E-state index is 13.5. The topological polar surface area (TPSA) is 141 Å². The maximum absolute atomic E-state index is 13.5. The summed E-state index contributed by atoms with van der Waals surface area (Å²) in [5.41, 5.74) is 1.41. The summed E-state index contributed by atoms with van der Waals surface area (Å²) >= 11 is 0. The SMILES string of the molecule is N#CCC1(n2cc(-c3ncnc4[nH]ccc34)cn2)CN([C@H]2CC[C@@H](Oc3cc(CNCCCO)cc(C(F)(F)F)n3)CC2)C1. The van der Waals surface area contributed by atoms with Gasteiger partial charge in [0.2, 0.25) is 5.88 Å². The summed E-state index contributed by atoms with van der Waals surface area (Å²) < 4.78 is 48.4. The van der Waals surface area contributed by atoms with Gasteiger partial charge in [0, 0.05) is 61.7 Å². The molecule has 4 aromatic heterocycles. The number of alkyl halides is 3. The number of nitriles is 1. The third kappa shape index (κ3) is 6.26. The molecule has 5 heterocycles. The van der Waals surface area contributed by atoms with Crippen molar-refractivity contribution in [3.8, 4) is 23.2 Å². The van der Waals surface area contributed by atoms with E-state index in [9.17, 15) is 18.4 Å². The van der Waals surface area contributed by atoms with Gasteiger partial charge in [0.15, 0.2) is 0 Å². The van der Waals surface area contributed by atoms with Crippen LogP contribution in [0.2, 0.25) is 0 Å². The van der Waals surface area contributed by atoms with Crippen LogP contribution in [0.1, 0.15) is 49.8 Å². The molecule has 0 unspecified atom stereocenters. The van der Waals surface area contributed by atoms with E-state index in [1.54, 1.807) is 12.3 Å². The minimum atomic E-state index is -4.58. The zero-order valence-corrected chi connectivity index (χ0v) is 24.1. The van der Waals surface area contributed by atoms with Crippen LogP contribution in [0.15, 0.2) is 43.1 Å². The Morgan fingerprint density at radius 3 is 2.75 bits per heavy atom. The second kappa shape index (κ2) is 12.5. The van der Waals surface area contributed by atoms with Gasteiger partial charge in [-0.15, -0.1) is 0 Å². The van der Waals surface area contributed by atoms with Gasteiger partial charge in [0.25, 0.3) is 0 Å². The number of H-pyrrole nitrogens is 1. The van der Waals surface area contributed by atoms with E-state index < -0.39 is 17.4 Å². The van der Waals surface area contributed by atoms with E-state index in [2.05, 4.69) is 41.3 Å². The molecule has 1 aliphatic heterocycles. The summed E-state index contributed by atoms with van der Waals surface area (Å²) in [7, 11) is 0. The Hall–Kier alpha value is -4.06. The molecule has 44 heavy (non-hydrogen) atoms. The van der Waals surface area contributed by atoms with Crippen molar-refractivity contribution in [2.24, 2.45) is 0 Å². The van der Waals surface area contributed by atoms with Gasteiger partial charge < -0.3 is 20.1 Å². The number of halogens is 3. The number of fused-ring (bicyclic) bond motifs is 1. The van der Waals surface area contributed by atoms with Crippen LogP contribution in [-0.2, 0) is 18.3 Å². The molecule has 6 rings (SSSR count). The minimum absolute atomic E-state index is 0.0106. The van der Waals surface area contributed by atoms with E-state index in [-0.39, 0.29) is 25.1 Å². The van der Waals surface area contributed by atoms with Gasteiger partial charge in [-0.3, -0.25) is 9.58 Å². The van der Waals surface area contributed by atoms with E-state index in [1.165, 1.54) is 6.33 Å². The number of ether oxygens (including phenoxy) is 1. The Balaban J connectivity index is 1.07. The highest BCUT2D eigenvalue weighted by molar-refractivity contribution is 5.90. The quantitative estimate of drug-likeness (QED) is 0.215. The molecule has 1 saturated carbocycles. The van der Waals surface area contributed by atoms with Gasteiger partial charge in [-0.25, -0.2) is 15.0 Å². The van der Waals surface area contributed by atoms with Gasteiger partial charge in [0.1, 0.15) is 29.3 Å². The lowest BCUT2D eigenvalue weighted by molar-refractivity contribution is -0.141. The Bertz CT molecular complexity index is 1620. The number of aromatic amines is 1. The van der Waals surface area contributed by atoms with E-state index in [4.69, 9.17) is 9.84 Å². The molecule has 0 atom stereocenters. The van der Waals surface area contributed by atoms with E-state index in [0.717, 1.165) is 41.2 Å². The van der Waals surface area contributed by atoms with Gasteiger partial charge in [-0.05, 0) is 56.3 Å². The van der Waals surface area contributed by atoms with Crippen molar-refractivity contribution in [1.82, 2.24) is 39.9 Å². The van der Waals surface area contributed by atoms with Crippen LogP contribution in [0.3, 0.4) is 0 Å². The van der Waals surface area contributed by atoms with E-state index >= 15 is 0 Å². The smallest absolute Gasteiger partial charge is 0.433 e. The summed E-state index contributed by atoms with van der Waals surface area (Å²) in [6.07, 6.45) is 6.15. The number of aliphatic hydroxyl groups is 1. The third-order valence-electron chi connectivity index (χ3n) is 8.54. The van der Waals surface area contributed by atoms with Gasteiger partial charge in [-0.2, -0.15) is 23.5 Å². The Morgan fingerprint density at radius 1 is 1.18 bits per heavy atom. The monoisotopic (exact) mass is 609 g/mol. The van der Waals surface area contributed by atoms with Crippen molar-refractivity contribution in [2.45, 2.75) is 68.9 Å². The molecule has 3 N–H and O–H groups in total. The molecule has 2 fully saturated rings. The molecule has 1 saturated heterocycles. The fraction of sp³-hybridized carbons (Fsp3) is 0.500. The number of aliphatic hydroxyl groups excluding tert-OH is 1. The van der Waals surface area contributed by atoms with Crippen LogP contribution in [0.4, 0.5) is 13.2 Å². The molecule has 4 aromatic rings. The van der Waals surface area contributed by atoms with Crippen molar-refractivity contribution in [3.05, 3.63) is 54.4 Å². The molecule has 0 radical (unpaired) electrons. The number of aromatic nitrogens is 6. The summed E-state index contributed by atoms with van der Waals surface area (Å²) in [5, 5.41) is 27.2. The van der Waals surface area contributed by atoms with Crippen LogP contribution in [0, 0.1) is 11.3 Å². The number of nitrogens with one attached hydrogen (secondary N) is 2. The fourth-order valence-electron chi connectivity index (χ4n) is 6.26. The Labute approximate surface area is 252 Å². The predicted octanol–water partition coefficient (Wildman–Crippen LogP) is 4.02. The summed E-state index contributed by atoms with van der Waals surface area (Å²) in [6.45, 7) is 2.09. The molecule has 0 aromatic carbocycles. The molecule has 0 amide bonds. The highest BCUT2D eigenvalue weighted by Gasteiger charge is 2.48. The van der Waals surface area contributed by atoms with Crippen LogP contribution >= 0.6 is 0 Å². The normalized spacial score (nSPS) is 20.3. The van der Waals surface area contributed by atoms with Crippen LogP contribution < -0.4 is 10.1 Å². The molecule has 232 valence electrons. The van der Waals surface area contributed by atoms with Crippen molar-refractivity contribution < 1.29 is 23.0 Å². The fourth-order valence-corrected chi connectivity index (χ4v) is 6.26. The second-order valence-corrected chi connectivity index (χ2v) is 11.6. The molecular weight excluding hydrogens is 575 g/mol. The lowest BCUT2D eigenvalue weighted by atomic mass is 9.82.